The van der Waals surface area contributed by atoms with Gasteiger partial charge < -0.3 is 0 Å². The molecule has 0 radical (unpaired) electrons. The van der Waals surface area contributed by atoms with Gasteiger partial charge in [-0.15, -0.1) is 0 Å². The summed E-state index contributed by atoms with van der Waals surface area (Å²) in [5, 5.41) is 0. The molecule has 0 heterocycles. The van der Waals surface area contributed by atoms with Crippen LogP contribution in [0, 0.1) is 23.7 Å². The third-order valence-electron chi connectivity index (χ3n) is 4.37. The second-order valence-corrected chi connectivity index (χ2v) is 5.35. The van der Waals surface area contributed by atoms with Crippen LogP contribution >= 0.6 is 0 Å². The summed E-state index contributed by atoms with van der Waals surface area (Å²) in [6.07, 6.45) is 8.58. The Morgan fingerprint density at radius 3 is 2.59 bits per heavy atom. The van der Waals surface area contributed by atoms with Crippen molar-refractivity contribution in [3.63, 3.8) is 0 Å². The summed E-state index contributed by atoms with van der Waals surface area (Å²) in [7, 11) is 0. The highest BCUT2D eigenvalue weighted by Crippen LogP contribution is 2.41. The van der Waals surface area contributed by atoms with Crippen molar-refractivity contribution < 1.29 is 9.59 Å². The minimum Gasteiger partial charge on any atom is -0.299 e. The van der Waals surface area contributed by atoms with Crippen molar-refractivity contribution in [2.45, 2.75) is 46.0 Å². The molecule has 2 nitrogen and oxygen atoms in total. The van der Waals surface area contributed by atoms with Gasteiger partial charge in [-0.25, -0.2) is 0 Å². The van der Waals surface area contributed by atoms with Gasteiger partial charge in [0.25, 0.3) is 0 Å². The monoisotopic (exact) mass is 234 g/mol. The molecular weight excluding hydrogens is 212 g/mol. The number of ketones is 2. The lowest BCUT2D eigenvalue weighted by Gasteiger charge is -2.39. The average molecular weight is 234 g/mol. The van der Waals surface area contributed by atoms with E-state index in [9.17, 15) is 9.59 Å². The van der Waals surface area contributed by atoms with Crippen molar-refractivity contribution in [2.75, 3.05) is 0 Å². The van der Waals surface area contributed by atoms with Gasteiger partial charge in [0.1, 0.15) is 11.6 Å². The van der Waals surface area contributed by atoms with E-state index in [1.165, 1.54) is 0 Å². The fraction of sp³-hybridized carbons (Fsp3) is 0.733. The fourth-order valence-corrected chi connectivity index (χ4v) is 3.50. The topological polar surface area (TPSA) is 34.1 Å². The van der Waals surface area contributed by atoms with E-state index in [0.717, 1.165) is 32.1 Å². The van der Waals surface area contributed by atoms with E-state index < -0.39 is 0 Å². The first kappa shape index (κ1) is 12.5. The van der Waals surface area contributed by atoms with Crippen molar-refractivity contribution in [3.8, 4) is 0 Å². The van der Waals surface area contributed by atoms with Crippen LogP contribution in [0.1, 0.15) is 46.0 Å². The number of hydrogen-bond acceptors (Lipinski definition) is 2. The third kappa shape index (κ3) is 2.10. The molecule has 0 spiro atoms. The number of allylic oxidation sites excluding steroid dienone is 2. The third-order valence-corrected chi connectivity index (χ3v) is 4.37. The van der Waals surface area contributed by atoms with Gasteiger partial charge in [-0.05, 0) is 25.7 Å². The Morgan fingerprint density at radius 1 is 1.18 bits per heavy atom. The molecule has 0 aromatic carbocycles. The van der Waals surface area contributed by atoms with Gasteiger partial charge in [0.05, 0.1) is 0 Å². The van der Waals surface area contributed by atoms with Crippen LogP contribution < -0.4 is 0 Å². The summed E-state index contributed by atoms with van der Waals surface area (Å²) in [5.41, 5.74) is 0. The van der Waals surface area contributed by atoms with E-state index in [-0.39, 0.29) is 23.7 Å². The average Bonchev–Trinajstić information content (AvgIpc) is 2.36. The van der Waals surface area contributed by atoms with Gasteiger partial charge >= 0.3 is 0 Å². The number of Topliss-reactive ketones (excluding diaryl/α,β-unsaturated/α-hetero) is 2. The summed E-state index contributed by atoms with van der Waals surface area (Å²) in [6.45, 7) is 4.13. The Labute approximate surface area is 103 Å². The lowest BCUT2D eigenvalue weighted by Crippen LogP contribution is -2.47. The molecule has 2 aliphatic rings. The number of rotatable bonds is 3. The molecule has 4 unspecified atom stereocenters. The molecule has 1 fully saturated rings. The second-order valence-electron chi connectivity index (χ2n) is 5.35. The first-order chi connectivity index (χ1) is 8.20. The number of fused-ring (bicyclic) bond motifs is 1. The molecule has 0 aromatic heterocycles. The van der Waals surface area contributed by atoms with E-state index >= 15 is 0 Å². The van der Waals surface area contributed by atoms with Gasteiger partial charge in [-0.1, -0.05) is 32.4 Å². The van der Waals surface area contributed by atoms with E-state index in [1.807, 2.05) is 13.0 Å². The molecule has 0 aromatic rings. The lowest BCUT2D eigenvalue weighted by molar-refractivity contribution is -0.146. The SMILES string of the molecule is CCCC1C(=O)C2CCC=CC2C(=O)C1CC. The summed E-state index contributed by atoms with van der Waals surface area (Å²) in [5.74, 6) is 0.567. The van der Waals surface area contributed by atoms with E-state index in [1.54, 1.807) is 0 Å². The maximum absolute atomic E-state index is 12.5. The van der Waals surface area contributed by atoms with Crippen molar-refractivity contribution in [1.82, 2.24) is 0 Å². The molecule has 0 N–H and O–H groups in total. The minimum absolute atomic E-state index is 0.00486. The quantitative estimate of drug-likeness (QED) is 0.703. The highest BCUT2D eigenvalue weighted by atomic mass is 16.1. The van der Waals surface area contributed by atoms with Gasteiger partial charge in [-0.2, -0.15) is 0 Å². The zero-order chi connectivity index (χ0) is 12.4. The maximum atomic E-state index is 12.5. The van der Waals surface area contributed by atoms with E-state index in [0.29, 0.717) is 11.6 Å². The summed E-state index contributed by atoms with van der Waals surface area (Å²) in [6, 6.07) is 0. The van der Waals surface area contributed by atoms with Gasteiger partial charge in [-0.3, -0.25) is 9.59 Å². The Morgan fingerprint density at radius 2 is 1.94 bits per heavy atom. The molecule has 4 atom stereocenters. The Kier molecular flexibility index (Phi) is 3.80. The van der Waals surface area contributed by atoms with Crippen LogP contribution in [0.2, 0.25) is 0 Å². The Hall–Kier alpha value is -0.920. The standard InChI is InChI=1S/C15H22O2/c1-3-7-11-10(4-2)14(16)12-8-5-6-9-13(12)15(11)17/h5,8,10-13H,3-4,6-7,9H2,1-2H3. The lowest BCUT2D eigenvalue weighted by atomic mass is 9.62. The van der Waals surface area contributed by atoms with Crippen LogP contribution in [0.5, 0.6) is 0 Å². The first-order valence-corrected chi connectivity index (χ1v) is 6.94. The van der Waals surface area contributed by atoms with Crippen LogP contribution in [0.15, 0.2) is 12.2 Å². The van der Waals surface area contributed by atoms with Crippen LogP contribution in [0.3, 0.4) is 0 Å². The summed E-state index contributed by atoms with van der Waals surface area (Å²) < 4.78 is 0. The Bertz CT molecular complexity index is 343. The molecule has 2 rings (SSSR count). The van der Waals surface area contributed by atoms with Crippen molar-refractivity contribution in [1.29, 1.82) is 0 Å². The normalized spacial score (nSPS) is 37.1. The molecule has 0 aliphatic heterocycles. The Balaban J connectivity index is 2.28. The van der Waals surface area contributed by atoms with Gasteiger partial charge in [0, 0.05) is 23.7 Å². The highest BCUT2D eigenvalue weighted by Gasteiger charge is 2.47. The maximum Gasteiger partial charge on any atom is 0.144 e. The summed E-state index contributed by atoms with van der Waals surface area (Å²) >= 11 is 0. The molecule has 17 heavy (non-hydrogen) atoms. The van der Waals surface area contributed by atoms with Crippen LogP contribution in [0.25, 0.3) is 0 Å². The van der Waals surface area contributed by atoms with E-state index in [2.05, 4.69) is 13.0 Å². The van der Waals surface area contributed by atoms with Crippen LogP contribution in [-0.2, 0) is 9.59 Å². The predicted molar refractivity (Wildman–Crippen MR) is 67.5 cm³/mol. The molecule has 2 heteroatoms. The van der Waals surface area contributed by atoms with Crippen LogP contribution in [-0.4, -0.2) is 11.6 Å². The number of carbonyl (C=O) groups excluding carboxylic acids is 2. The van der Waals surface area contributed by atoms with Crippen molar-refractivity contribution >= 4 is 11.6 Å². The minimum atomic E-state index is -0.102. The van der Waals surface area contributed by atoms with Crippen molar-refractivity contribution in [2.24, 2.45) is 23.7 Å². The number of carbonyl (C=O) groups is 2. The fourth-order valence-electron chi connectivity index (χ4n) is 3.50. The molecule has 94 valence electrons. The molecular formula is C15H22O2. The number of hydrogen-bond donors (Lipinski definition) is 0. The van der Waals surface area contributed by atoms with Gasteiger partial charge in [0.2, 0.25) is 0 Å². The smallest absolute Gasteiger partial charge is 0.144 e. The molecule has 2 aliphatic carbocycles. The largest absolute Gasteiger partial charge is 0.299 e. The van der Waals surface area contributed by atoms with Gasteiger partial charge in [0.15, 0.2) is 0 Å². The predicted octanol–water partition coefficient (Wildman–Crippen LogP) is 3.16. The zero-order valence-corrected chi connectivity index (χ0v) is 10.8. The molecule has 1 saturated carbocycles. The van der Waals surface area contributed by atoms with E-state index in [4.69, 9.17) is 0 Å². The van der Waals surface area contributed by atoms with Crippen molar-refractivity contribution in [3.05, 3.63) is 12.2 Å². The molecule has 0 bridgehead atoms. The summed E-state index contributed by atoms with van der Waals surface area (Å²) in [4.78, 5) is 24.9. The zero-order valence-electron chi connectivity index (χ0n) is 10.8. The second kappa shape index (κ2) is 5.16. The first-order valence-electron chi connectivity index (χ1n) is 6.94. The highest BCUT2D eigenvalue weighted by molar-refractivity contribution is 6.00. The van der Waals surface area contributed by atoms with Crippen LogP contribution in [0.4, 0.5) is 0 Å². The molecule has 0 amide bonds. The molecule has 0 saturated heterocycles.